The van der Waals surface area contributed by atoms with E-state index in [1.54, 1.807) is 4.68 Å². The van der Waals surface area contributed by atoms with Gasteiger partial charge in [-0.1, -0.05) is 29.0 Å². The summed E-state index contributed by atoms with van der Waals surface area (Å²) < 4.78 is 1.76. The maximum atomic E-state index is 5.62. The lowest BCUT2D eigenvalue weighted by Crippen LogP contribution is -2.00. The molecule has 0 spiro atoms. The zero-order valence-corrected chi connectivity index (χ0v) is 8.94. The van der Waals surface area contributed by atoms with Crippen LogP contribution in [0.2, 0.25) is 0 Å². The quantitative estimate of drug-likeness (QED) is 0.797. The molecule has 78 valence electrons. The summed E-state index contributed by atoms with van der Waals surface area (Å²) in [6.07, 6.45) is 0. The summed E-state index contributed by atoms with van der Waals surface area (Å²) in [5.74, 6) is 0. The van der Waals surface area contributed by atoms with Crippen molar-refractivity contribution in [1.82, 2.24) is 15.0 Å². The van der Waals surface area contributed by atoms with E-state index >= 15 is 0 Å². The van der Waals surface area contributed by atoms with E-state index in [-0.39, 0.29) is 0 Å². The number of nitrogens with two attached hydrogens (primary N) is 1. The lowest BCUT2D eigenvalue weighted by atomic mass is 10.1. The van der Waals surface area contributed by atoms with E-state index in [4.69, 9.17) is 5.73 Å². The van der Waals surface area contributed by atoms with Gasteiger partial charge in [0.2, 0.25) is 0 Å². The van der Waals surface area contributed by atoms with Gasteiger partial charge in [-0.2, -0.15) is 0 Å². The Bertz CT molecular complexity index is 473. The molecule has 0 aliphatic carbocycles. The molecule has 0 atom stereocenters. The van der Waals surface area contributed by atoms with Crippen molar-refractivity contribution in [3.8, 4) is 11.3 Å². The third-order valence-electron chi connectivity index (χ3n) is 2.38. The molecule has 0 saturated heterocycles. The Labute approximate surface area is 88.7 Å². The first-order valence-electron chi connectivity index (χ1n) is 4.88. The van der Waals surface area contributed by atoms with Crippen molar-refractivity contribution in [2.75, 3.05) is 0 Å². The second-order valence-electron chi connectivity index (χ2n) is 3.58. The van der Waals surface area contributed by atoms with E-state index in [0.717, 1.165) is 17.0 Å². The van der Waals surface area contributed by atoms with Crippen LogP contribution in [0.4, 0.5) is 0 Å². The highest BCUT2D eigenvalue weighted by Gasteiger charge is 2.10. The molecule has 2 N–H and O–H groups in total. The van der Waals surface area contributed by atoms with E-state index in [1.807, 2.05) is 19.2 Å². The Morgan fingerprint density at radius 1 is 1.40 bits per heavy atom. The average molecular weight is 202 g/mol. The van der Waals surface area contributed by atoms with Crippen LogP contribution in [0.25, 0.3) is 11.3 Å². The van der Waals surface area contributed by atoms with Gasteiger partial charge in [0.05, 0.1) is 5.69 Å². The highest BCUT2D eigenvalue weighted by molar-refractivity contribution is 5.62. The van der Waals surface area contributed by atoms with Crippen LogP contribution >= 0.6 is 0 Å². The molecule has 0 saturated carbocycles. The van der Waals surface area contributed by atoms with Gasteiger partial charge in [-0.25, -0.2) is 4.68 Å². The SMILES string of the molecule is Cc1cccc(-c2c(CN)nnn2C)c1. The van der Waals surface area contributed by atoms with Crippen molar-refractivity contribution in [3.05, 3.63) is 35.5 Å². The molecule has 2 rings (SSSR count). The van der Waals surface area contributed by atoms with E-state index in [0.29, 0.717) is 6.54 Å². The molecule has 0 aliphatic heterocycles. The lowest BCUT2D eigenvalue weighted by molar-refractivity contribution is 0.718. The molecule has 0 unspecified atom stereocenters. The molecule has 1 heterocycles. The molecule has 4 heteroatoms. The minimum Gasteiger partial charge on any atom is -0.325 e. The number of aryl methyl sites for hydroxylation is 2. The average Bonchev–Trinajstić information content (AvgIpc) is 2.59. The highest BCUT2D eigenvalue weighted by atomic mass is 15.4. The Kier molecular flexibility index (Phi) is 2.51. The molecule has 0 fully saturated rings. The van der Waals surface area contributed by atoms with Crippen LogP contribution in [0.1, 0.15) is 11.3 Å². The van der Waals surface area contributed by atoms with Crippen LogP contribution < -0.4 is 5.73 Å². The van der Waals surface area contributed by atoms with Gasteiger partial charge in [0.25, 0.3) is 0 Å². The largest absolute Gasteiger partial charge is 0.325 e. The zero-order chi connectivity index (χ0) is 10.8. The molecule has 0 amide bonds. The van der Waals surface area contributed by atoms with Crippen molar-refractivity contribution in [2.24, 2.45) is 12.8 Å². The number of rotatable bonds is 2. The first-order valence-corrected chi connectivity index (χ1v) is 4.88. The van der Waals surface area contributed by atoms with Gasteiger partial charge in [0.15, 0.2) is 0 Å². The standard InChI is InChI=1S/C11H14N4/c1-8-4-3-5-9(6-8)11-10(7-12)13-14-15(11)2/h3-6H,7,12H2,1-2H3. The number of benzene rings is 1. The fraction of sp³-hybridized carbons (Fsp3) is 0.273. The van der Waals surface area contributed by atoms with E-state index in [9.17, 15) is 0 Å². The molecule has 2 aromatic rings. The molecule has 15 heavy (non-hydrogen) atoms. The topological polar surface area (TPSA) is 56.7 Å². The fourth-order valence-electron chi connectivity index (χ4n) is 1.68. The maximum absolute atomic E-state index is 5.62. The molecule has 0 radical (unpaired) electrons. The van der Waals surface area contributed by atoms with Crippen LogP contribution in [-0.4, -0.2) is 15.0 Å². The number of nitrogens with zero attached hydrogens (tertiary/aromatic N) is 3. The molecule has 0 aliphatic rings. The second-order valence-corrected chi connectivity index (χ2v) is 3.58. The molecule has 1 aromatic carbocycles. The monoisotopic (exact) mass is 202 g/mol. The molecular formula is C11H14N4. The highest BCUT2D eigenvalue weighted by Crippen LogP contribution is 2.21. The number of hydrogen-bond acceptors (Lipinski definition) is 3. The van der Waals surface area contributed by atoms with Crippen molar-refractivity contribution in [3.63, 3.8) is 0 Å². The number of hydrogen-bond donors (Lipinski definition) is 1. The summed E-state index contributed by atoms with van der Waals surface area (Å²) in [6.45, 7) is 2.48. The zero-order valence-electron chi connectivity index (χ0n) is 8.94. The third kappa shape index (κ3) is 1.76. The smallest absolute Gasteiger partial charge is 0.104 e. The number of aromatic nitrogens is 3. The summed E-state index contributed by atoms with van der Waals surface area (Å²) in [6, 6.07) is 8.25. The van der Waals surface area contributed by atoms with Gasteiger partial charge in [0.1, 0.15) is 5.69 Å². The van der Waals surface area contributed by atoms with Crippen molar-refractivity contribution < 1.29 is 0 Å². The van der Waals surface area contributed by atoms with Crippen LogP contribution in [-0.2, 0) is 13.6 Å². The minimum absolute atomic E-state index is 0.414. The van der Waals surface area contributed by atoms with E-state index in [2.05, 4.69) is 29.4 Å². The van der Waals surface area contributed by atoms with Gasteiger partial charge in [-0.15, -0.1) is 5.10 Å². The summed E-state index contributed by atoms with van der Waals surface area (Å²) in [4.78, 5) is 0. The minimum atomic E-state index is 0.414. The normalized spacial score (nSPS) is 10.6. The van der Waals surface area contributed by atoms with Crippen molar-refractivity contribution >= 4 is 0 Å². The Balaban J connectivity index is 2.57. The summed E-state index contributed by atoms with van der Waals surface area (Å²) >= 11 is 0. The van der Waals surface area contributed by atoms with Gasteiger partial charge in [0, 0.05) is 19.2 Å². The molecule has 1 aromatic heterocycles. The van der Waals surface area contributed by atoms with Gasteiger partial charge < -0.3 is 5.73 Å². The maximum Gasteiger partial charge on any atom is 0.104 e. The summed E-state index contributed by atoms with van der Waals surface area (Å²) in [5, 5.41) is 8.01. The molecule has 4 nitrogen and oxygen atoms in total. The van der Waals surface area contributed by atoms with Gasteiger partial charge in [-0.05, 0) is 13.0 Å². The fourth-order valence-corrected chi connectivity index (χ4v) is 1.68. The molecule has 0 bridgehead atoms. The first-order chi connectivity index (χ1) is 7.22. The van der Waals surface area contributed by atoms with E-state index < -0.39 is 0 Å². The lowest BCUT2D eigenvalue weighted by Gasteiger charge is -2.04. The second kappa shape index (κ2) is 3.82. The summed E-state index contributed by atoms with van der Waals surface area (Å²) in [7, 11) is 1.88. The first kappa shape index (κ1) is 9.86. The Morgan fingerprint density at radius 2 is 2.20 bits per heavy atom. The molecular weight excluding hydrogens is 188 g/mol. The van der Waals surface area contributed by atoms with Crippen molar-refractivity contribution in [1.29, 1.82) is 0 Å². The van der Waals surface area contributed by atoms with Crippen LogP contribution in [0, 0.1) is 6.92 Å². The van der Waals surface area contributed by atoms with Crippen LogP contribution in [0.3, 0.4) is 0 Å². The summed E-state index contributed by atoms with van der Waals surface area (Å²) in [5.41, 5.74) is 9.79. The third-order valence-corrected chi connectivity index (χ3v) is 2.38. The Morgan fingerprint density at radius 3 is 2.87 bits per heavy atom. The van der Waals surface area contributed by atoms with Crippen LogP contribution in [0.15, 0.2) is 24.3 Å². The van der Waals surface area contributed by atoms with Crippen molar-refractivity contribution in [2.45, 2.75) is 13.5 Å². The Hall–Kier alpha value is -1.68. The predicted molar refractivity (Wildman–Crippen MR) is 59.1 cm³/mol. The van der Waals surface area contributed by atoms with E-state index in [1.165, 1.54) is 5.56 Å². The predicted octanol–water partition coefficient (Wildman–Crippen LogP) is 1.25. The van der Waals surface area contributed by atoms with Gasteiger partial charge >= 0.3 is 0 Å². The van der Waals surface area contributed by atoms with Gasteiger partial charge in [-0.3, -0.25) is 0 Å². The van der Waals surface area contributed by atoms with Crippen LogP contribution in [0.5, 0.6) is 0 Å².